The second kappa shape index (κ2) is 2.33. The Balaban J connectivity index is 2.28. The van der Waals surface area contributed by atoms with Crippen molar-refractivity contribution in [3.8, 4) is 0 Å². The van der Waals surface area contributed by atoms with Crippen molar-refractivity contribution in [2.24, 2.45) is 17.3 Å². The van der Waals surface area contributed by atoms with Crippen LogP contribution in [-0.2, 0) is 4.89 Å². The third-order valence-electron chi connectivity index (χ3n) is 3.79. The molecule has 3 aliphatic rings. The molecule has 2 heteroatoms. The van der Waals surface area contributed by atoms with Crippen molar-refractivity contribution < 1.29 is 10.1 Å². The molecule has 2 bridgehead atoms. The first kappa shape index (κ1) is 8.27. The van der Waals surface area contributed by atoms with Gasteiger partial charge in [0.2, 0.25) is 0 Å². The Morgan fingerprint density at radius 3 is 2.58 bits per heavy atom. The Labute approximate surface area is 73.2 Å². The van der Waals surface area contributed by atoms with Crippen LogP contribution in [0.3, 0.4) is 0 Å². The molecule has 0 radical (unpaired) electrons. The highest BCUT2D eigenvalue weighted by molar-refractivity contribution is 5.25. The Kier molecular flexibility index (Phi) is 1.61. The minimum absolute atomic E-state index is 0.0602. The van der Waals surface area contributed by atoms with Gasteiger partial charge in [-0.2, -0.15) is 0 Å². The van der Waals surface area contributed by atoms with Crippen LogP contribution in [-0.4, -0.2) is 11.4 Å². The molecular formula is C10H16O2. The van der Waals surface area contributed by atoms with Gasteiger partial charge in [-0.25, -0.2) is 4.89 Å². The van der Waals surface area contributed by atoms with Crippen molar-refractivity contribution in [3.63, 3.8) is 0 Å². The van der Waals surface area contributed by atoms with Crippen molar-refractivity contribution in [1.82, 2.24) is 0 Å². The zero-order chi connectivity index (χ0) is 8.93. The molecule has 1 fully saturated rings. The lowest BCUT2D eigenvalue weighted by atomic mass is 9.47. The molecule has 0 spiro atoms. The van der Waals surface area contributed by atoms with E-state index in [9.17, 15) is 0 Å². The van der Waals surface area contributed by atoms with E-state index in [4.69, 9.17) is 5.26 Å². The van der Waals surface area contributed by atoms with Crippen molar-refractivity contribution in [3.05, 3.63) is 11.6 Å². The minimum Gasteiger partial charge on any atom is -0.252 e. The number of allylic oxidation sites excluding steroid dienone is 1. The lowest BCUT2D eigenvalue weighted by Gasteiger charge is -2.59. The van der Waals surface area contributed by atoms with Crippen LogP contribution < -0.4 is 0 Å². The standard InChI is InChI=1S/C10H16O2/c1-6-4-5-7-9(12-11)8(6)10(7,2)3/h4,7-9,11H,5H2,1-3H3. The van der Waals surface area contributed by atoms with Gasteiger partial charge >= 0.3 is 0 Å². The third kappa shape index (κ3) is 0.771. The van der Waals surface area contributed by atoms with Crippen LogP contribution in [0.25, 0.3) is 0 Å². The summed E-state index contributed by atoms with van der Waals surface area (Å²) in [5.41, 5.74) is 1.70. The monoisotopic (exact) mass is 168 g/mol. The number of fused-ring (bicyclic) bond motifs is 1. The number of rotatable bonds is 1. The minimum atomic E-state index is 0.0602. The zero-order valence-electron chi connectivity index (χ0n) is 7.87. The van der Waals surface area contributed by atoms with E-state index in [1.165, 1.54) is 5.57 Å². The van der Waals surface area contributed by atoms with Gasteiger partial charge in [-0.3, -0.25) is 5.26 Å². The van der Waals surface area contributed by atoms with Crippen LogP contribution >= 0.6 is 0 Å². The lowest BCUT2D eigenvalue weighted by Crippen LogP contribution is -2.60. The van der Waals surface area contributed by atoms with Gasteiger partial charge in [0.15, 0.2) is 0 Å². The Hall–Kier alpha value is -0.340. The summed E-state index contributed by atoms with van der Waals surface area (Å²) in [6.07, 6.45) is 3.39. The first-order valence-corrected chi connectivity index (χ1v) is 4.56. The van der Waals surface area contributed by atoms with Crippen LogP contribution in [0.2, 0.25) is 0 Å². The van der Waals surface area contributed by atoms with E-state index in [1.54, 1.807) is 0 Å². The molecule has 68 valence electrons. The molecule has 3 aliphatic carbocycles. The quantitative estimate of drug-likeness (QED) is 0.370. The summed E-state index contributed by atoms with van der Waals surface area (Å²) in [5, 5.41) is 8.71. The van der Waals surface area contributed by atoms with Gasteiger partial charge in [0, 0.05) is 5.92 Å². The van der Waals surface area contributed by atoms with Gasteiger partial charge in [0.05, 0.1) is 0 Å². The van der Waals surface area contributed by atoms with Gasteiger partial charge in [0.25, 0.3) is 0 Å². The van der Waals surface area contributed by atoms with E-state index >= 15 is 0 Å². The van der Waals surface area contributed by atoms with Gasteiger partial charge < -0.3 is 0 Å². The molecule has 0 aliphatic heterocycles. The molecule has 0 heterocycles. The molecule has 12 heavy (non-hydrogen) atoms. The Morgan fingerprint density at radius 1 is 1.58 bits per heavy atom. The molecule has 1 N–H and O–H groups in total. The average Bonchev–Trinajstić information content (AvgIpc) is 2.01. The topological polar surface area (TPSA) is 29.5 Å². The summed E-state index contributed by atoms with van der Waals surface area (Å²) in [5.74, 6) is 0.942. The highest BCUT2D eigenvalue weighted by Gasteiger charge is 2.59. The van der Waals surface area contributed by atoms with Crippen molar-refractivity contribution in [1.29, 1.82) is 0 Å². The van der Waals surface area contributed by atoms with Crippen molar-refractivity contribution in [2.45, 2.75) is 33.3 Å². The van der Waals surface area contributed by atoms with Crippen LogP contribution in [0.15, 0.2) is 11.6 Å². The normalized spacial score (nSPS) is 43.3. The second-order valence-corrected chi connectivity index (χ2v) is 4.66. The Morgan fingerprint density at radius 2 is 2.25 bits per heavy atom. The summed E-state index contributed by atoms with van der Waals surface area (Å²) in [4.78, 5) is 4.52. The van der Waals surface area contributed by atoms with Crippen LogP contribution in [0, 0.1) is 17.3 Å². The van der Waals surface area contributed by atoms with E-state index < -0.39 is 0 Å². The largest absolute Gasteiger partial charge is 0.252 e. The smallest absolute Gasteiger partial charge is 0.103 e. The summed E-state index contributed by atoms with van der Waals surface area (Å²) in [7, 11) is 0. The van der Waals surface area contributed by atoms with E-state index in [0.717, 1.165) is 6.42 Å². The third-order valence-corrected chi connectivity index (χ3v) is 3.79. The number of hydrogen-bond acceptors (Lipinski definition) is 2. The molecule has 0 amide bonds. The summed E-state index contributed by atoms with van der Waals surface area (Å²) >= 11 is 0. The molecule has 1 saturated carbocycles. The number of hydrogen-bond donors (Lipinski definition) is 1. The molecule has 0 aromatic carbocycles. The summed E-state index contributed by atoms with van der Waals surface area (Å²) in [6, 6.07) is 0. The first-order valence-electron chi connectivity index (χ1n) is 4.56. The van der Waals surface area contributed by atoms with Gasteiger partial charge in [0.1, 0.15) is 6.10 Å². The van der Waals surface area contributed by atoms with Gasteiger partial charge in [-0.1, -0.05) is 25.5 Å². The molecule has 0 aromatic heterocycles. The SMILES string of the molecule is CC1=CCC2C(OO)C1C2(C)C. The molecule has 3 rings (SSSR count). The predicted octanol–water partition coefficient (Wildman–Crippen LogP) is 2.47. The van der Waals surface area contributed by atoms with Crippen LogP contribution in [0.1, 0.15) is 27.2 Å². The maximum Gasteiger partial charge on any atom is 0.103 e. The van der Waals surface area contributed by atoms with E-state index in [2.05, 4.69) is 31.7 Å². The summed E-state index contributed by atoms with van der Waals surface area (Å²) < 4.78 is 0. The molecule has 2 nitrogen and oxygen atoms in total. The van der Waals surface area contributed by atoms with Crippen molar-refractivity contribution in [2.75, 3.05) is 0 Å². The maximum absolute atomic E-state index is 8.71. The zero-order valence-corrected chi connectivity index (χ0v) is 7.87. The highest BCUT2D eigenvalue weighted by Crippen LogP contribution is 2.60. The van der Waals surface area contributed by atoms with Gasteiger partial charge in [-0.05, 0) is 24.7 Å². The van der Waals surface area contributed by atoms with E-state index in [0.29, 0.717) is 17.3 Å². The fourth-order valence-corrected chi connectivity index (χ4v) is 3.05. The van der Waals surface area contributed by atoms with Gasteiger partial charge in [-0.15, -0.1) is 0 Å². The second-order valence-electron chi connectivity index (χ2n) is 4.66. The Bertz CT molecular complexity index is 230. The van der Waals surface area contributed by atoms with Crippen LogP contribution in [0.5, 0.6) is 0 Å². The van der Waals surface area contributed by atoms with E-state index in [1.807, 2.05) is 0 Å². The van der Waals surface area contributed by atoms with Crippen molar-refractivity contribution >= 4 is 0 Å². The molecule has 0 aromatic rings. The molecule has 3 unspecified atom stereocenters. The maximum atomic E-state index is 8.71. The highest BCUT2D eigenvalue weighted by atomic mass is 17.1. The molecule has 3 atom stereocenters. The fraction of sp³-hybridized carbons (Fsp3) is 0.800. The molecular weight excluding hydrogens is 152 g/mol. The fourth-order valence-electron chi connectivity index (χ4n) is 3.05. The lowest BCUT2D eigenvalue weighted by molar-refractivity contribution is -0.350. The summed E-state index contributed by atoms with van der Waals surface area (Å²) in [6.45, 7) is 6.65. The predicted molar refractivity (Wildman–Crippen MR) is 46.6 cm³/mol. The average molecular weight is 168 g/mol. The van der Waals surface area contributed by atoms with Crippen LogP contribution in [0.4, 0.5) is 0 Å². The first-order chi connectivity index (χ1) is 5.59. The molecule has 0 saturated heterocycles. The van der Waals surface area contributed by atoms with E-state index in [-0.39, 0.29) is 6.10 Å².